The third-order valence-electron chi connectivity index (χ3n) is 14.8. The van der Waals surface area contributed by atoms with Crippen molar-refractivity contribution in [1.29, 1.82) is 0 Å². The van der Waals surface area contributed by atoms with Gasteiger partial charge < -0.3 is 14.6 Å². The summed E-state index contributed by atoms with van der Waals surface area (Å²) >= 11 is 0. The molecule has 5 heteroatoms. The van der Waals surface area contributed by atoms with Gasteiger partial charge in [-0.3, -0.25) is 0 Å². The number of hydrogen-bond acceptors (Lipinski definition) is 5. The lowest BCUT2D eigenvalue weighted by atomic mass is 9.82. The molecule has 0 spiro atoms. The highest BCUT2D eigenvalue weighted by Gasteiger charge is 2.39. The van der Waals surface area contributed by atoms with Gasteiger partial charge in [-0.2, -0.15) is 0 Å². The molecular formula is C63H48N4O. The topological polar surface area (TPSA) is 53.1 Å². The highest BCUT2D eigenvalue weighted by atomic mass is 16.3. The molecule has 9 aromatic carbocycles. The van der Waals surface area contributed by atoms with E-state index in [0.29, 0.717) is 5.84 Å². The van der Waals surface area contributed by atoms with Crippen molar-refractivity contribution in [3.63, 3.8) is 0 Å². The van der Waals surface area contributed by atoms with Crippen LogP contribution in [0.5, 0.6) is 0 Å². The second-order valence-electron chi connectivity index (χ2n) is 19.4. The monoisotopic (exact) mass is 876 g/mol. The van der Waals surface area contributed by atoms with E-state index in [2.05, 4.69) is 214 Å². The number of aliphatic imine (C=N–C) groups is 2. The van der Waals surface area contributed by atoms with Crippen molar-refractivity contribution in [3.8, 4) is 33.4 Å². The van der Waals surface area contributed by atoms with Gasteiger partial charge in [-0.15, -0.1) is 0 Å². The van der Waals surface area contributed by atoms with E-state index in [9.17, 15) is 0 Å². The fourth-order valence-electron chi connectivity index (χ4n) is 11.3. The number of furan rings is 1. The number of fused-ring (bicyclic) bond motifs is 9. The Morgan fingerprint density at radius 1 is 0.485 bits per heavy atom. The molecule has 0 saturated carbocycles. The van der Waals surface area contributed by atoms with Crippen LogP contribution in [0.2, 0.25) is 0 Å². The van der Waals surface area contributed by atoms with Crippen molar-refractivity contribution >= 4 is 50.7 Å². The van der Waals surface area contributed by atoms with Crippen molar-refractivity contribution in [3.05, 3.63) is 245 Å². The van der Waals surface area contributed by atoms with Gasteiger partial charge in [-0.25, -0.2) is 9.98 Å². The maximum absolute atomic E-state index is 6.87. The molecule has 1 unspecified atom stereocenters. The second kappa shape index (κ2) is 15.1. The van der Waals surface area contributed by atoms with Crippen molar-refractivity contribution in [2.75, 3.05) is 4.90 Å². The second-order valence-corrected chi connectivity index (χ2v) is 19.4. The zero-order valence-electron chi connectivity index (χ0n) is 38.5. The number of anilines is 3. The zero-order valence-corrected chi connectivity index (χ0v) is 38.5. The third-order valence-corrected chi connectivity index (χ3v) is 14.8. The molecule has 0 fully saturated rings. The van der Waals surface area contributed by atoms with Crippen molar-refractivity contribution in [2.45, 2.75) is 44.7 Å². The van der Waals surface area contributed by atoms with E-state index in [1.165, 1.54) is 50.2 Å². The van der Waals surface area contributed by atoms with E-state index in [4.69, 9.17) is 14.4 Å². The van der Waals surface area contributed by atoms with Crippen LogP contribution in [0.4, 0.5) is 17.1 Å². The molecular weight excluding hydrogens is 829 g/mol. The lowest BCUT2D eigenvalue weighted by Crippen LogP contribution is -2.33. The van der Waals surface area contributed by atoms with Gasteiger partial charge in [0.05, 0.1) is 5.69 Å². The summed E-state index contributed by atoms with van der Waals surface area (Å²) in [6.07, 6.45) is -0.307. The SMILES string of the molecule is CC1(C)c2ccccc2-c2ccc(N(c3ccc(-c4cccc5c4oc4cccc(C6=NC(c7ccccc7)NC(c7ccccc7)=N6)c45)cc3)c3cccc4c3-c3ccccc3C4(C)C)cc21. The summed E-state index contributed by atoms with van der Waals surface area (Å²) in [6.45, 7) is 9.43. The van der Waals surface area contributed by atoms with Crippen molar-refractivity contribution in [1.82, 2.24) is 5.32 Å². The van der Waals surface area contributed by atoms with Gasteiger partial charge in [-0.1, -0.05) is 198 Å². The molecule has 13 rings (SSSR count). The third kappa shape index (κ3) is 6.08. The first-order valence-corrected chi connectivity index (χ1v) is 23.6. The summed E-state index contributed by atoms with van der Waals surface area (Å²) in [6, 6.07) is 74.1. The minimum absolute atomic E-state index is 0.134. The van der Waals surface area contributed by atoms with Crippen LogP contribution in [-0.4, -0.2) is 11.7 Å². The van der Waals surface area contributed by atoms with Gasteiger partial charge in [0.25, 0.3) is 0 Å². The van der Waals surface area contributed by atoms with Crippen LogP contribution < -0.4 is 10.2 Å². The minimum Gasteiger partial charge on any atom is -0.455 e. The van der Waals surface area contributed by atoms with Gasteiger partial charge in [0.2, 0.25) is 0 Å². The Kier molecular flexibility index (Phi) is 8.91. The maximum Gasteiger partial charge on any atom is 0.160 e. The molecule has 1 atom stereocenters. The Hall–Kier alpha value is -8.28. The van der Waals surface area contributed by atoms with E-state index in [1.807, 2.05) is 30.3 Å². The fourth-order valence-corrected chi connectivity index (χ4v) is 11.3. The molecule has 0 bridgehead atoms. The summed E-state index contributed by atoms with van der Waals surface area (Å²) in [4.78, 5) is 12.9. The summed E-state index contributed by atoms with van der Waals surface area (Å²) in [5.74, 6) is 1.45. The average molecular weight is 877 g/mol. The highest BCUT2D eigenvalue weighted by molar-refractivity contribution is 6.23. The molecule has 1 aliphatic heterocycles. The quantitative estimate of drug-likeness (QED) is 0.174. The molecule has 68 heavy (non-hydrogen) atoms. The molecule has 5 nitrogen and oxygen atoms in total. The number of amidine groups is 2. The van der Waals surface area contributed by atoms with Crippen LogP contribution >= 0.6 is 0 Å². The fraction of sp³-hybridized carbons (Fsp3) is 0.111. The van der Waals surface area contributed by atoms with Crippen LogP contribution in [-0.2, 0) is 10.8 Å². The molecule has 2 heterocycles. The molecule has 2 aliphatic carbocycles. The molecule has 0 radical (unpaired) electrons. The first kappa shape index (κ1) is 40.0. The van der Waals surface area contributed by atoms with Gasteiger partial charge in [-0.05, 0) is 86.5 Å². The predicted molar refractivity (Wildman–Crippen MR) is 281 cm³/mol. The van der Waals surface area contributed by atoms with Gasteiger partial charge in [0.1, 0.15) is 23.2 Å². The summed E-state index contributed by atoms with van der Waals surface area (Å²) in [7, 11) is 0. The first-order valence-electron chi connectivity index (χ1n) is 23.6. The number of rotatable bonds is 7. The van der Waals surface area contributed by atoms with E-state index < -0.39 is 0 Å². The Balaban J connectivity index is 0.944. The number of hydrogen-bond donors (Lipinski definition) is 1. The molecule has 3 aliphatic rings. The van der Waals surface area contributed by atoms with Crippen molar-refractivity contribution in [2.24, 2.45) is 9.98 Å². The van der Waals surface area contributed by atoms with Gasteiger partial charge in [0, 0.05) is 55.2 Å². The van der Waals surface area contributed by atoms with Crippen LogP contribution in [0.3, 0.4) is 0 Å². The summed E-state index contributed by atoms with van der Waals surface area (Å²) < 4.78 is 6.87. The molecule has 0 amide bonds. The van der Waals surface area contributed by atoms with E-state index >= 15 is 0 Å². The van der Waals surface area contributed by atoms with Crippen LogP contribution in [0.15, 0.2) is 221 Å². The van der Waals surface area contributed by atoms with Crippen LogP contribution in [0.25, 0.3) is 55.3 Å². The molecule has 1 N–H and O–H groups in total. The Labute approximate surface area is 396 Å². The minimum atomic E-state index is -0.307. The van der Waals surface area contributed by atoms with Gasteiger partial charge in [0.15, 0.2) is 5.84 Å². The summed E-state index contributed by atoms with van der Waals surface area (Å²) in [5.41, 5.74) is 20.5. The lowest BCUT2D eigenvalue weighted by Gasteiger charge is -2.30. The Morgan fingerprint density at radius 2 is 1.09 bits per heavy atom. The zero-order chi connectivity index (χ0) is 45.7. The number of nitrogens with zero attached hydrogens (tertiary/aromatic N) is 3. The largest absolute Gasteiger partial charge is 0.455 e. The predicted octanol–water partition coefficient (Wildman–Crippen LogP) is 15.8. The van der Waals surface area contributed by atoms with Crippen LogP contribution in [0, 0.1) is 0 Å². The molecule has 326 valence electrons. The van der Waals surface area contributed by atoms with E-state index in [-0.39, 0.29) is 17.0 Å². The Bertz CT molecular complexity index is 3710. The standard InChI is InChI=1S/C63H48N4O/c1-62(2)51-28-14-12-23-47(51)57-52(62)29-17-30-54(57)67(43-36-37-46-45-22-11-13-27-50(45)63(3,4)53(46)38-43)42-34-32-39(33-35-42)44-24-15-25-48-56-49(26-16-31-55(56)68-58(44)48)61-65-59(40-18-7-5-8-19-40)64-60(66-61)41-20-9-6-10-21-41/h5-38,59H,1-4H3,(H,64,65,66). The smallest absolute Gasteiger partial charge is 0.160 e. The Morgan fingerprint density at radius 3 is 1.88 bits per heavy atom. The molecule has 10 aromatic rings. The first-order chi connectivity index (χ1) is 33.2. The number of para-hydroxylation sites is 1. The van der Waals surface area contributed by atoms with Crippen molar-refractivity contribution < 1.29 is 4.42 Å². The van der Waals surface area contributed by atoms with E-state index in [1.54, 1.807) is 0 Å². The lowest BCUT2D eigenvalue weighted by molar-refractivity contribution is 0.660. The van der Waals surface area contributed by atoms with Gasteiger partial charge >= 0.3 is 0 Å². The maximum atomic E-state index is 6.87. The molecule has 1 aromatic heterocycles. The number of benzene rings is 9. The summed E-state index contributed by atoms with van der Waals surface area (Å²) in [5, 5.41) is 5.62. The van der Waals surface area contributed by atoms with Crippen LogP contribution in [0.1, 0.15) is 72.8 Å². The highest BCUT2D eigenvalue weighted by Crippen LogP contribution is 2.56. The normalized spacial score (nSPS) is 16.0. The van der Waals surface area contributed by atoms with E-state index in [0.717, 1.165) is 67.0 Å². The molecule has 0 saturated heterocycles. The number of nitrogens with one attached hydrogen (secondary N) is 1. The average Bonchev–Trinajstić information content (AvgIpc) is 3.97.